The topological polar surface area (TPSA) is 57.2 Å². The van der Waals surface area contributed by atoms with Crippen molar-refractivity contribution >= 4 is 21.5 Å². The van der Waals surface area contributed by atoms with E-state index in [1.807, 2.05) is 24.3 Å². The zero-order valence-corrected chi connectivity index (χ0v) is 10.9. The number of ether oxygens (including phenoxy) is 4. The third-order valence-electron chi connectivity index (χ3n) is 3.94. The molecule has 0 aromatic heterocycles. The van der Waals surface area contributed by atoms with Gasteiger partial charge < -0.3 is 24.1 Å². The molecule has 5 rings (SSSR count). The van der Waals surface area contributed by atoms with Crippen LogP contribution in [0.1, 0.15) is 0 Å². The minimum absolute atomic E-state index is 0.142. The van der Waals surface area contributed by atoms with Crippen LogP contribution in [0.4, 0.5) is 0 Å². The van der Waals surface area contributed by atoms with E-state index in [-0.39, 0.29) is 19.3 Å². The molecular weight excluding hydrogens is 272 g/mol. The molecule has 3 aromatic carbocycles. The van der Waals surface area contributed by atoms with Crippen molar-refractivity contribution in [3.63, 3.8) is 0 Å². The Hall–Kier alpha value is -2.82. The second-order valence-corrected chi connectivity index (χ2v) is 5.01. The van der Waals surface area contributed by atoms with E-state index in [9.17, 15) is 5.11 Å². The first-order valence-electron chi connectivity index (χ1n) is 6.59. The lowest BCUT2D eigenvalue weighted by Gasteiger charge is -2.10. The molecule has 0 saturated carbocycles. The number of phenolic OH excluding ortho intramolecular Hbond substituents is 1. The molecule has 2 aliphatic heterocycles. The van der Waals surface area contributed by atoms with Crippen molar-refractivity contribution in [2.45, 2.75) is 0 Å². The molecule has 2 heterocycles. The summed E-state index contributed by atoms with van der Waals surface area (Å²) in [5.74, 6) is 2.75. The second-order valence-electron chi connectivity index (χ2n) is 5.01. The fraction of sp³-hybridized carbons (Fsp3) is 0.125. The molecule has 104 valence electrons. The molecule has 1 N–H and O–H groups in total. The molecule has 0 radical (unpaired) electrons. The summed E-state index contributed by atoms with van der Waals surface area (Å²) in [5, 5.41) is 13.8. The number of fused-ring (bicyclic) bond motifs is 7. The van der Waals surface area contributed by atoms with Gasteiger partial charge >= 0.3 is 0 Å². The van der Waals surface area contributed by atoms with Crippen molar-refractivity contribution in [3.05, 3.63) is 30.3 Å². The van der Waals surface area contributed by atoms with E-state index in [0.717, 1.165) is 16.2 Å². The van der Waals surface area contributed by atoms with E-state index in [4.69, 9.17) is 18.9 Å². The number of aromatic hydroxyl groups is 1. The molecule has 0 aliphatic carbocycles. The third-order valence-corrected chi connectivity index (χ3v) is 3.94. The Kier molecular flexibility index (Phi) is 1.89. The molecule has 0 bridgehead atoms. The van der Waals surface area contributed by atoms with Gasteiger partial charge in [0, 0.05) is 5.39 Å². The lowest BCUT2D eigenvalue weighted by Crippen LogP contribution is -1.93. The Morgan fingerprint density at radius 1 is 0.714 bits per heavy atom. The van der Waals surface area contributed by atoms with Gasteiger partial charge in [0.15, 0.2) is 23.0 Å². The van der Waals surface area contributed by atoms with E-state index in [0.29, 0.717) is 28.4 Å². The zero-order chi connectivity index (χ0) is 14.0. The average molecular weight is 282 g/mol. The van der Waals surface area contributed by atoms with Crippen molar-refractivity contribution in [1.29, 1.82) is 0 Å². The molecule has 0 unspecified atom stereocenters. The summed E-state index contributed by atoms with van der Waals surface area (Å²) in [6, 6.07) is 9.31. The molecule has 0 atom stereocenters. The lowest BCUT2D eigenvalue weighted by atomic mass is 9.99. The van der Waals surface area contributed by atoms with Crippen LogP contribution in [0.15, 0.2) is 30.3 Å². The summed E-state index contributed by atoms with van der Waals surface area (Å²) in [4.78, 5) is 0. The van der Waals surface area contributed by atoms with Gasteiger partial charge in [-0.1, -0.05) is 0 Å². The number of phenols is 1. The van der Waals surface area contributed by atoms with Gasteiger partial charge in [0.25, 0.3) is 0 Å². The summed E-state index contributed by atoms with van der Waals surface area (Å²) in [5.41, 5.74) is 0. The molecule has 0 fully saturated rings. The lowest BCUT2D eigenvalue weighted by molar-refractivity contribution is 0.174. The Balaban J connectivity index is 1.98. The van der Waals surface area contributed by atoms with Crippen molar-refractivity contribution < 1.29 is 24.1 Å². The smallest absolute Gasteiger partial charge is 0.231 e. The van der Waals surface area contributed by atoms with Crippen LogP contribution in [0.25, 0.3) is 21.5 Å². The van der Waals surface area contributed by atoms with Gasteiger partial charge in [0.1, 0.15) is 5.75 Å². The Morgan fingerprint density at radius 3 is 2.19 bits per heavy atom. The Bertz CT molecular complexity index is 916. The molecule has 3 aromatic rings. The van der Waals surface area contributed by atoms with E-state index >= 15 is 0 Å². The second kappa shape index (κ2) is 3.63. The van der Waals surface area contributed by atoms with Gasteiger partial charge in [-0.2, -0.15) is 0 Å². The highest BCUT2D eigenvalue weighted by Gasteiger charge is 2.23. The van der Waals surface area contributed by atoms with Gasteiger partial charge in [-0.25, -0.2) is 0 Å². The highest BCUT2D eigenvalue weighted by Crippen LogP contribution is 2.49. The minimum Gasteiger partial charge on any atom is -0.507 e. The van der Waals surface area contributed by atoms with E-state index < -0.39 is 0 Å². The number of hydrogen-bond donors (Lipinski definition) is 1. The van der Waals surface area contributed by atoms with Crippen molar-refractivity contribution in [3.8, 4) is 28.7 Å². The first kappa shape index (κ1) is 10.9. The van der Waals surface area contributed by atoms with Gasteiger partial charge in [-0.3, -0.25) is 0 Å². The van der Waals surface area contributed by atoms with Crippen LogP contribution >= 0.6 is 0 Å². The van der Waals surface area contributed by atoms with Crippen LogP contribution in [0, 0.1) is 0 Å². The van der Waals surface area contributed by atoms with Gasteiger partial charge in [0.2, 0.25) is 13.6 Å². The van der Waals surface area contributed by atoms with Crippen LogP contribution in [0.5, 0.6) is 28.7 Å². The SMILES string of the molecule is Oc1cc2c3c(ccc2c2ccc4c(c12)OCO4)OCO3. The van der Waals surface area contributed by atoms with Crippen molar-refractivity contribution in [1.82, 2.24) is 0 Å². The Labute approximate surface area is 119 Å². The van der Waals surface area contributed by atoms with E-state index in [1.54, 1.807) is 6.07 Å². The molecule has 21 heavy (non-hydrogen) atoms. The largest absolute Gasteiger partial charge is 0.507 e. The van der Waals surface area contributed by atoms with Gasteiger partial charge in [0.05, 0.1) is 5.39 Å². The summed E-state index contributed by atoms with van der Waals surface area (Å²) in [7, 11) is 0. The van der Waals surface area contributed by atoms with Crippen LogP contribution in [-0.4, -0.2) is 18.7 Å². The van der Waals surface area contributed by atoms with Crippen molar-refractivity contribution in [2.24, 2.45) is 0 Å². The first-order valence-corrected chi connectivity index (χ1v) is 6.59. The fourth-order valence-corrected chi connectivity index (χ4v) is 3.03. The van der Waals surface area contributed by atoms with Crippen LogP contribution in [-0.2, 0) is 0 Å². The molecule has 5 heteroatoms. The molecule has 0 spiro atoms. The highest BCUT2D eigenvalue weighted by molar-refractivity contribution is 6.15. The molecular formula is C16H10O5. The third kappa shape index (κ3) is 1.30. The zero-order valence-electron chi connectivity index (χ0n) is 10.9. The summed E-state index contributed by atoms with van der Waals surface area (Å²) >= 11 is 0. The molecule has 2 aliphatic rings. The summed E-state index contributed by atoms with van der Waals surface area (Å²) < 4.78 is 21.8. The van der Waals surface area contributed by atoms with Gasteiger partial charge in [-0.15, -0.1) is 0 Å². The maximum absolute atomic E-state index is 10.4. The monoisotopic (exact) mass is 282 g/mol. The van der Waals surface area contributed by atoms with E-state index in [2.05, 4.69) is 0 Å². The average Bonchev–Trinajstić information content (AvgIpc) is 3.15. The number of benzene rings is 3. The maximum Gasteiger partial charge on any atom is 0.231 e. The molecule has 0 saturated heterocycles. The summed E-state index contributed by atoms with van der Waals surface area (Å²) in [6.07, 6.45) is 0. The normalized spacial score (nSPS) is 15.0. The number of hydrogen-bond acceptors (Lipinski definition) is 5. The first-order chi connectivity index (χ1) is 10.3. The highest BCUT2D eigenvalue weighted by atomic mass is 16.7. The fourth-order valence-electron chi connectivity index (χ4n) is 3.03. The van der Waals surface area contributed by atoms with Crippen molar-refractivity contribution in [2.75, 3.05) is 13.6 Å². The standard InChI is InChI=1S/C16H10O5/c17-11-5-10-8(1-3-12-15(10)20-6-18-12)9-2-4-13-16(14(9)11)21-7-19-13/h1-5,17H,6-7H2. The van der Waals surface area contributed by atoms with E-state index in [1.165, 1.54) is 0 Å². The van der Waals surface area contributed by atoms with Crippen LogP contribution in [0.3, 0.4) is 0 Å². The minimum atomic E-state index is 0.142. The quantitative estimate of drug-likeness (QED) is 0.642. The maximum atomic E-state index is 10.4. The number of rotatable bonds is 0. The van der Waals surface area contributed by atoms with Crippen LogP contribution in [0.2, 0.25) is 0 Å². The predicted molar refractivity (Wildman–Crippen MR) is 75.4 cm³/mol. The molecule has 0 amide bonds. The van der Waals surface area contributed by atoms with Crippen LogP contribution < -0.4 is 18.9 Å². The summed E-state index contributed by atoms with van der Waals surface area (Å²) in [6.45, 7) is 0.376. The predicted octanol–water partition coefficient (Wildman–Crippen LogP) is 3.16. The molecule has 5 nitrogen and oxygen atoms in total. The Morgan fingerprint density at radius 2 is 1.38 bits per heavy atom. The van der Waals surface area contributed by atoms with Gasteiger partial charge in [-0.05, 0) is 41.1 Å².